The van der Waals surface area contributed by atoms with Crippen molar-refractivity contribution in [3.8, 4) is 0 Å². The number of hydrogen-bond donors (Lipinski definition) is 0. The SMILES string of the molecule is CN(C)C(=O)c1cccc(N(Cc2ccc(Cl)c(Cl)c2)C(=O)CC(=O)c2ncn(C)n2)c1. The van der Waals surface area contributed by atoms with Crippen LogP contribution in [-0.4, -0.2) is 51.4 Å². The van der Waals surface area contributed by atoms with Gasteiger partial charge in [-0.25, -0.2) is 4.98 Å². The molecule has 8 nitrogen and oxygen atoms in total. The van der Waals surface area contributed by atoms with E-state index >= 15 is 0 Å². The number of nitrogens with zero attached hydrogens (tertiary/aromatic N) is 5. The lowest BCUT2D eigenvalue weighted by Crippen LogP contribution is -2.32. The second-order valence-corrected chi connectivity index (χ2v) is 8.13. The van der Waals surface area contributed by atoms with Crippen molar-refractivity contribution in [3.63, 3.8) is 0 Å². The molecule has 0 N–H and O–H groups in total. The second kappa shape index (κ2) is 9.93. The van der Waals surface area contributed by atoms with Crippen molar-refractivity contribution >= 4 is 46.5 Å². The zero-order valence-corrected chi connectivity index (χ0v) is 19.3. The first-order valence-corrected chi connectivity index (χ1v) is 10.4. The summed E-state index contributed by atoms with van der Waals surface area (Å²) in [7, 11) is 4.92. The molecule has 0 radical (unpaired) electrons. The van der Waals surface area contributed by atoms with Crippen molar-refractivity contribution in [3.05, 3.63) is 75.8 Å². The molecular weight excluding hydrogens is 453 g/mol. The van der Waals surface area contributed by atoms with Crippen molar-refractivity contribution in [2.45, 2.75) is 13.0 Å². The molecule has 2 amide bonds. The van der Waals surface area contributed by atoms with E-state index in [1.54, 1.807) is 63.6 Å². The van der Waals surface area contributed by atoms with E-state index in [4.69, 9.17) is 23.2 Å². The maximum absolute atomic E-state index is 13.2. The van der Waals surface area contributed by atoms with Crippen molar-refractivity contribution in [1.82, 2.24) is 19.7 Å². The van der Waals surface area contributed by atoms with Crippen LogP contribution in [0.25, 0.3) is 0 Å². The molecule has 32 heavy (non-hydrogen) atoms. The van der Waals surface area contributed by atoms with Crippen LogP contribution in [0.1, 0.15) is 33.0 Å². The van der Waals surface area contributed by atoms with Crippen molar-refractivity contribution < 1.29 is 14.4 Å². The quantitative estimate of drug-likeness (QED) is 0.386. The fourth-order valence-electron chi connectivity index (χ4n) is 2.99. The monoisotopic (exact) mass is 473 g/mol. The van der Waals surface area contributed by atoms with Gasteiger partial charge in [0.25, 0.3) is 5.91 Å². The summed E-state index contributed by atoms with van der Waals surface area (Å²) >= 11 is 12.1. The largest absolute Gasteiger partial charge is 0.345 e. The molecular formula is C22H21Cl2N5O3. The highest BCUT2D eigenvalue weighted by molar-refractivity contribution is 6.42. The molecule has 3 rings (SSSR count). The van der Waals surface area contributed by atoms with E-state index < -0.39 is 18.1 Å². The molecule has 1 aromatic heterocycles. The van der Waals surface area contributed by atoms with Crippen molar-refractivity contribution in [1.29, 1.82) is 0 Å². The Morgan fingerprint density at radius 3 is 2.41 bits per heavy atom. The molecule has 0 aliphatic rings. The number of rotatable bonds is 7. The van der Waals surface area contributed by atoms with E-state index in [9.17, 15) is 14.4 Å². The summed E-state index contributed by atoms with van der Waals surface area (Å²) in [5, 5.41) is 4.70. The standard InChI is InChI=1S/C22H21Cl2N5O3/c1-27(2)22(32)15-5-4-6-16(10-15)29(12-14-7-8-17(23)18(24)9-14)20(31)11-19(30)21-25-13-28(3)26-21/h4-10,13H,11-12H2,1-3H3. The van der Waals surface area contributed by atoms with E-state index in [2.05, 4.69) is 10.1 Å². The fraction of sp³-hybridized carbons (Fsp3) is 0.227. The van der Waals surface area contributed by atoms with Gasteiger partial charge in [0.05, 0.1) is 23.0 Å². The number of hydrogen-bond acceptors (Lipinski definition) is 5. The van der Waals surface area contributed by atoms with Crippen LogP contribution < -0.4 is 4.90 Å². The Balaban J connectivity index is 1.94. The molecule has 0 saturated carbocycles. The molecule has 3 aromatic rings. The van der Waals surface area contributed by atoms with Crippen molar-refractivity contribution in [2.75, 3.05) is 19.0 Å². The van der Waals surface area contributed by atoms with Gasteiger partial charge >= 0.3 is 0 Å². The van der Waals surface area contributed by atoms with Crippen LogP contribution in [0.15, 0.2) is 48.8 Å². The molecule has 0 aliphatic heterocycles. The number of ketones is 1. The lowest BCUT2D eigenvalue weighted by Gasteiger charge is -2.24. The molecule has 0 bridgehead atoms. The third kappa shape index (κ3) is 5.52. The molecule has 0 aliphatic carbocycles. The predicted octanol–water partition coefficient (Wildman–Crippen LogP) is 3.63. The van der Waals surface area contributed by atoms with E-state index in [0.717, 1.165) is 0 Å². The number of carbonyl (C=O) groups is 3. The number of carbonyl (C=O) groups excluding carboxylic acids is 3. The Bertz CT molecular complexity index is 1180. The summed E-state index contributed by atoms with van der Waals surface area (Å²) in [4.78, 5) is 44.9. The highest BCUT2D eigenvalue weighted by Gasteiger charge is 2.23. The average Bonchev–Trinajstić information content (AvgIpc) is 3.20. The average molecular weight is 474 g/mol. The van der Waals surface area contributed by atoms with Gasteiger partial charge < -0.3 is 9.80 Å². The normalized spacial score (nSPS) is 10.7. The van der Waals surface area contributed by atoms with E-state index in [1.807, 2.05) is 0 Å². The molecule has 0 fully saturated rings. The van der Waals surface area contributed by atoms with Gasteiger partial charge in [-0.05, 0) is 35.9 Å². The summed E-state index contributed by atoms with van der Waals surface area (Å²) in [6.45, 7) is 0.123. The van der Waals surface area contributed by atoms with E-state index in [-0.39, 0.29) is 18.3 Å². The molecule has 1 heterocycles. The number of amides is 2. The van der Waals surface area contributed by atoms with Gasteiger partial charge in [0.15, 0.2) is 0 Å². The summed E-state index contributed by atoms with van der Waals surface area (Å²) in [5.74, 6) is -1.22. The number of anilines is 1. The van der Waals surface area contributed by atoms with Crippen LogP contribution in [0.3, 0.4) is 0 Å². The maximum atomic E-state index is 13.2. The molecule has 0 spiro atoms. The zero-order valence-electron chi connectivity index (χ0n) is 17.7. The number of benzene rings is 2. The topological polar surface area (TPSA) is 88.4 Å². The molecule has 0 saturated heterocycles. The highest BCUT2D eigenvalue weighted by Crippen LogP contribution is 2.26. The number of Topliss-reactive ketones (excluding diaryl/α,β-unsaturated/α-hetero) is 1. The highest BCUT2D eigenvalue weighted by atomic mass is 35.5. The zero-order chi connectivity index (χ0) is 23.4. The molecule has 2 aromatic carbocycles. The maximum Gasteiger partial charge on any atom is 0.253 e. The Kier molecular flexibility index (Phi) is 7.27. The minimum absolute atomic E-state index is 0.0353. The van der Waals surface area contributed by atoms with E-state index in [1.165, 1.54) is 20.8 Å². The van der Waals surface area contributed by atoms with Gasteiger partial charge in [0.2, 0.25) is 17.5 Å². The minimum atomic E-state index is -0.504. The Hall–Kier alpha value is -3.23. The van der Waals surface area contributed by atoms with Crippen LogP contribution in [0.5, 0.6) is 0 Å². The number of aromatic nitrogens is 3. The first-order chi connectivity index (χ1) is 15.2. The van der Waals surface area contributed by atoms with Crippen molar-refractivity contribution in [2.24, 2.45) is 7.05 Å². The summed E-state index contributed by atoms with van der Waals surface area (Å²) < 4.78 is 1.39. The minimum Gasteiger partial charge on any atom is -0.345 e. The predicted molar refractivity (Wildman–Crippen MR) is 122 cm³/mol. The summed E-state index contributed by atoms with van der Waals surface area (Å²) in [6.07, 6.45) is 0.957. The molecule has 0 atom stereocenters. The van der Waals surface area contributed by atoms with Gasteiger partial charge in [-0.1, -0.05) is 35.3 Å². The molecule has 166 valence electrons. The summed E-state index contributed by atoms with van der Waals surface area (Å²) in [5.41, 5.74) is 1.59. The smallest absolute Gasteiger partial charge is 0.253 e. The van der Waals surface area contributed by atoms with Crippen LogP contribution in [0, 0.1) is 0 Å². The second-order valence-electron chi connectivity index (χ2n) is 7.32. The van der Waals surface area contributed by atoms with Crippen LogP contribution in [0.4, 0.5) is 5.69 Å². The number of halogens is 2. The van der Waals surface area contributed by atoms with Gasteiger partial charge in [-0.2, -0.15) is 0 Å². The van der Waals surface area contributed by atoms with Gasteiger partial charge in [-0.15, -0.1) is 5.10 Å². The molecule has 10 heteroatoms. The first-order valence-electron chi connectivity index (χ1n) is 9.60. The lowest BCUT2D eigenvalue weighted by molar-refractivity contribution is -0.117. The number of aryl methyl sites for hydroxylation is 1. The Morgan fingerprint density at radius 1 is 1.03 bits per heavy atom. The Morgan fingerprint density at radius 2 is 1.78 bits per heavy atom. The van der Waals surface area contributed by atoms with Crippen LogP contribution in [-0.2, 0) is 18.4 Å². The fourth-order valence-corrected chi connectivity index (χ4v) is 3.31. The summed E-state index contributed by atoms with van der Waals surface area (Å²) in [6, 6.07) is 11.7. The molecule has 0 unspecified atom stereocenters. The van der Waals surface area contributed by atoms with E-state index in [0.29, 0.717) is 26.9 Å². The third-order valence-electron chi connectivity index (χ3n) is 4.60. The van der Waals surface area contributed by atoms with Gasteiger partial charge in [0.1, 0.15) is 6.33 Å². The van der Waals surface area contributed by atoms with Gasteiger partial charge in [0, 0.05) is 32.4 Å². The van der Waals surface area contributed by atoms with Gasteiger partial charge in [-0.3, -0.25) is 19.1 Å². The Labute approximate surface area is 195 Å². The van der Waals surface area contributed by atoms with Crippen LogP contribution in [0.2, 0.25) is 10.0 Å². The lowest BCUT2D eigenvalue weighted by atomic mass is 10.1. The third-order valence-corrected chi connectivity index (χ3v) is 5.34. The first kappa shape index (κ1) is 23.4. The van der Waals surface area contributed by atoms with Crippen LogP contribution >= 0.6 is 23.2 Å².